The van der Waals surface area contributed by atoms with Crippen LogP contribution < -0.4 is 20.8 Å². The maximum atomic E-state index is 10.7. The molecule has 21 heavy (non-hydrogen) atoms. The van der Waals surface area contributed by atoms with Crippen molar-refractivity contribution in [3.63, 3.8) is 0 Å². The van der Waals surface area contributed by atoms with Crippen LogP contribution >= 0.6 is 15.4 Å². The van der Waals surface area contributed by atoms with E-state index in [0.29, 0.717) is 0 Å². The summed E-state index contributed by atoms with van der Waals surface area (Å²) in [5.74, 6) is -0.891. The molecule has 0 saturated carbocycles. The van der Waals surface area contributed by atoms with Crippen LogP contribution in [-0.2, 0) is 34.8 Å². The molecule has 9 heteroatoms. The Hall–Kier alpha value is -1.67. The third kappa shape index (κ3) is 6.09. The van der Waals surface area contributed by atoms with Crippen LogP contribution in [0.4, 0.5) is 0 Å². The minimum Gasteiger partial charge on any atom is -0.872 e. The summed E-state index contributed by atoms with van der Waals surface area (Å²) in [5.41, 5.74) is 0. The van der Waals surface area contributed by atoms with Crippen LogP contribution in [0.3, 0.4) is 0 Å². The molecule has 0 heterocycles. The van der Waals surface area contributed by atoms with Crippen LogP contribution in [0.25, 0.3) is 0 Å². The molecule has 0 amide bonds. The Morgan fingerprint density at radius 2 is 0.905 bits per heavy atom. The predicted molar refractivity (Wildman–Crippen MR) is 67.6 cm³/mol. The van der Waals surface area contributed by atoms with Crippen LogP contribution in [0.1, 0.15) is 0 Å². The summed E-state index contributed by atoms with van der Waals surface area (Å²) in [6, 6.07) is 11.1. The van der Waals surface area contributed by atoms with Gasteiger partial charge in [0.15, 0.2) is 0 Å². The number of benzene rings is 2. The SMILES string of the molecule is O=P(=O)c1ccccc1[O-].O=P(=O)c1ccccc1[O-].[Ni+2]. The van der Waals surface area contributed by atoms with Crippen molar-refractivity contribution in [2.75, 3.05) is 0 Å². The van der Waals surface area contributed by atoms with Crippen LogP contribution in [0.5, 0.6) is 11.5 Å². The molecule has 0 spiro atoms. The van der Waals surface area contributed by atoms with E-state index in [1.807, 2.05) is 0 Å². The Morgan fingerprint density at radius 3 is 1.10 bits per heavy atom. The Bertz CT molecular complexity index is 661. The largest absolute Gasteiger partial charge is 2.00 e. The first-order chi connectivity index (χ1) is 9.43. The zero-order chi connectivity index (χ0) is 15.1. The summed E-state index contributed by atoms with van der Waals surface area (Å²) >= 11 is 0. The first kappa shape index (κ1) is 19.3. The first-order valence-electron chi connectivity index (χ1n) is 5.24. The Labute approximate surface area is 131 Å². The second-order valence-electron chi connectivity index (χ2n) is 3.45. The topological polar surface area (TPSA) is 114 Å². The smallest absolute Gasteiger partial charge is 0.872 e. The van der Waals surface area contributed by atoms with Gasteiger partial charge in [-0.15, -0.1) is 0 Å². The fraction of sp³-hybridized carbons (Fsp3) is 0. The van der Waals surface area contributed by atoms with E-state index in [1.54, 1.807) is 0 Å². The van der Waals surface area contributed by atoms with Gasteiger partial charge in [-0.2, -0.15) is 0 Å². The van der Waals surface area contributed by atoms with Crippen molar-refractivity contribution in [1.29, 1.82) is 0 Å². The summed E-state index contributed by atoms with van der Waals surface area (Å²) in [6.45, 7) is 0. The minimum absolute atomic E-state index is 0. The monoisotopic (exact) mass is 368 g/mol. The maximum Gasteiger partial charge on any atom is 2.00 e. The molecule has 0 fully saturated rings. The van der Waals surface area contributed by atoms with Gasteiger partial charge < -0.3 is 10.2 Å². The standard InChI is InChI=1S/2C6H5O3P.Ni/c2*7-5-3-1-2-4-6(5)10(8)9;/h2*1-4,7H;/q;;+2/p-2. The number of rotatable bonds is 2. The molecular weight excluding hydrogens is 361 g/mol. The summed E-state index contributed by atoms with van der Waals surface area (Å²) in [7, 11) is -5.46. The van der Waals surface area contributed by atoms with Crippen LogP contribution in [0.2, 0.25) is 0 Å². The van der Waals surface area contributed by atoms with Crippen LogP contribution in [0, 0.1) is 0 Å². The van der Waals surface area contributed by atoms with Gasteiger partial charge in [0, 0.05) is 0 Å². The molecule has 0 radical (unpaired) electrons. The van der Waals surface area contributed by atoms with E-state index in [0.717, 1.165) is 0 Å². The average molecular weight is 369 g/mol. The fourth-order valence-electron chi connectivity index (χ4n) is 1.22. The van der Waals surface area contributed by atoms with E-state index < -0.39 is 26.9 Å². The summed E-state index contributed by atoms with van der Waals surface area (Å²) in [4.78, 5) is 0. The molecule has 2 aromatic rings. The zero-order valence-corrected chi connectivity index (χ0v) is 13.1. The third-order valence-corrected chi connectivity index (χ3v) is 3.65. The molecule has 0 saturated heterocycles. The first-order valence-corrected chi connectivity index (χ1v) is 7.60. The van der Waals surface area contributed by atoms with E-state index in [4.69, 9.17) is 0 Å². The molecule has 0 aromatic heterocycles. The second kappa shape index (κ2) is 9.30. The minimum atomic E-state index is -2.73. The summed E-state index contributed by atoms with van der Waals surface area (Å²) < 4.78 is 41.0. The molecule has 0 aliphatic rings. The van der Waals surface area contributed by atoms with Crippen LogP contribution in [-0.4, -0.2) is 0 Å². The Morgan fingerprint density at radius 1 is 0.619 bits per heavy atom. The molecule has 0 aliphatic heterocycles. The van der Waals surface area contributed by atoms with Gasteiger partial charge in [-0.1, -0.05) is 47.9 Å². The molecule has 0 unspecified atom stereocenters. The quantitative estimate of drug-likeness (QED) is 0.579. The van der Waals surface area contributed by atoms with E-state index >= 15 is 0 Å². The van der Waals surface area contributed by atoms with Gasteiger partial charge in [-0.3, -0.25) is 0 Å². The van der Waals surface area contributed by atoms with Crippen molar-refractivity contribution in [1.82, 2.24) is 0 Å². The van der Waals surface area contributed by atoms with E-state index in [2.05, 4.69) is 0 Å². The van der Waals surface area contributed by atoms with Crippen molar-refractivity contribution >= 4 is 26.0 Å². The molecule has 0 atom stereocenters. The Balaban J connectivity index is 0.000000364. The fourth-order valence-corrected chi connectivity index (χ4v) is 2.14. The molecule has 2 aromatic carbocycles. The van der Waals surface area contributed by atoms with Gasteiger partial charge in [-0.05, 0) is 12.1 Å². The molecule has 112 valence electrons. The van der Waals surface area contributed by atoms with Crippen molar-refractivity contribution in [3.8, 4) is 11.5 Å². The number of hydrogen-bond donors (Lipinski definition) is 0. The molecule has 0 aliphatic carbocycles. The van der Waals surface area contributed by atoms with Gasteiger partial charge in [0.1, 0.15) is 0 Å². The van der Waals surface area contributed by atoms with E-state index in [1.165, 1.54) is 48.5 Å². The maximum absolute atomic E-state index is 10.7. The molecule has 6 nitrogen and oxygen atoms in total. The van der Waals surface area contributed by atoms with Gasteiger partial charge in [0.2, 0.25) is 0 Å². The van der Waals surface area contributed by atoms with E-state index in [9.17, 15) is 28.5 Å². The van der Waals surface area contributed by atoms with Gasteiger partial charge in [0.25, 0.3) is 0 Å². The predicted octanol–water partition coefficient (Wildman–Crippen LogP) is 1.11. The third-order valence-electron chi connectivity index (χ3n) is 2.12. The second-order valence-corrected chi connectivity index (χ2v) is 5.44. The number of para-hydroxylation sites is 2. The molecule has 2 rings (SSSR count). The normalized spacial score (nSPS) is 8.76. The van der Waals surface area contributed by atoms with Gasteiger partial charge in [-0.25, -0.2) is 18.3 Å². The molecule has 0 N–H and O–H groups in total. The van der Waals surface area contributed by atoms with Gasteiger partial charge >= 0.3 is 31.9 Å². The Kier molecular flexibility index (Phi) is 8.56. The summed E-state index contributed by atoms with van der Waals surface area (Å²) in [6.07, 6.45) is 0. The zero-order valence-electron chi connectivity index (χ0n) is 10.3. The molecule has 0 bridgehead atoms. The molecular formula is C12H8NiO6P2. The average Bonchev–Trinajstić information content (AvgIpc) is 2.40. The van der Waals surface area contributed by atoms with Crippen molar-refractivity contribution in [2.24, 2.45) is 0 Å². The van der Waals surface area contributed by atoms with E-state index in [-0.39, 0.29) is 27.1 Å². The van der Waals surface area contributed by atoms with Crippen molar-refractivity contribution in [2.45, 2.75) is 0 Å². The van der Waals surface area contributed by atoms with Gasteiger partial charge in [0.05, 0.1) is 10.6 Å². The van der Waals surface area contributed by atoms with Crippen molar-refractivity contribution in [3.05, 3.63) is 48.5 Å². The number of hydrogen-bond acceptors (Lipinski definition) is 6. The van der Waals surface area contributed by atoms with Crippen LogP contribution in [0.15, 0.2) is 48.5 Å². The summed E-state index contributed by atoms with van der Waals surface area (Å²) in [5, 5.41) is 21.1. The van der Waals surface area contributed by atoms with Crippen molar-refractivity contribution < 1.29 is 45.0 Å².